The molecule has 3 rings (SSSR count). The first-order valence-corrected chi connectivity index (χ1v) is 6.62. The van der Waals surface area contributed by atoms with E-state index in [1.165, 1.54) is 0 Å². The first-order chi connectivity index (χ1) is 9.77. The van der Waals surface area contributed by atoms with Gasteiger partial charge in [-0.1, -0.05) is 6.07 Å². The lowest BCUT2D eigenvalue weighted by atomic mass is 10.1. The number of carboxylic acids is 1. The molecule has 3 heterocycles. The average molecular weight is 269 g/mol. The summed E-state index contributed by atoms with van der Waals surface area (Å²) in [5.41, 5.74) is 1.36. The molecule has 1 aliphatic heterocycles. The standard InChI is InChI=1S/C15H15N3O2/c19-15(20)12-5-2-8-17-14(12)18-9-3-6-13(18)11-4-1-7-16-10-11/h1-2,4-5,7-8,10,13H,3,6,9H2,(H,19,20). The Labute approximate surface area is 116 Å². The number of nitrogens with zero attached hydrogens (tertiary/aromatic N) is 3. The summed E-state index contributed by atoms with van der Waals surface area (Å²) in [6.45, 7) is 0.816. The molecule has 102 valence electrons. The van der Waals surface area contributed by atoms with Crippen LogP contribution in [0.2, 0.25) is 0 Å². The minimum Gasteiger partial charge on any atom is -0.478 e. The van der Waals surface area contributed by atoms with Crippen molar-refractivity contribution in [2.24, 2.45) is 0 Å². The first kappa shape index (κ1) is 12.6. The summed E-state index contributed by atoms with van der Waals surface area (Å²) in [6.07, 6.45) is 7.23. The van der Waals surface area contributed by atoms with Gasteiger partial charge in [0.2, 0.25) is 0 Å². The molecule has 1 saturated heterocycles. The van der Waals surface area contributed by atoms with E-state index in [2.05, 4.69) is 14.9 Å². The number of hydrogen-bond acceptors (Lipinski definition) is 4. The maximum Gasteiger partial charge on any atom is 0.339 e. The van der Waals surface area contributed by atoms with Crippen molar-refractivity contribution < 1.29 is 9.90 Å². The van der Waals surface area contributed by atoms with Crippen LogP contribution in [0.15, 0.2) is 42.9 Å². The molecule has 1 fully saturated rings. The number of hydrogen-bond donors (Lipinski definition) is 1. The minimum atomic E-state index is -0.940. The molecule has 0 saturated carbocycles. The molecule has 0 aromatic carbocycles. The average Bonchev–Trinajstić information content (AvgIpc) is 2.97. The molecule has 5 nitrogen and oxygen atoms in total. The number of aromatic nitrogens is 2. The zero-order chi connectivity index (χ0) is 13.9. The van der Waals surface area contributed by atoms with Crippen molar-refractivity contribution in [3.05, 3.63) is 54.0 Å². The molecule has 1 atom stereocenters. The fourth-order valence-corrected chi connectivity index (χ4v) is 2.73. The second-order valence-electron chi connectivity index (χ2n) is 4.82. The maximum atomic E-state index is 11.3. The van der Waals surface area contributed by atoms with Crippen LogP contribution in [0.5, 0.6) is 0 Å². The smallest absolute Gasteiger partial charge is 0.339 e. The number of carbonyl (C=O) groups is 1. The Hall–Kier alpha value is -2.43. The van der Waals surface area contributed by atoms with Crippen molar-refractivity contribution in [1.29, 1.82) is 0 Å². The van der Waals surface area contributed by atoms with Gasteiger partial charge in [-0.3, -0.25) is 4.98 Å². The quantitative estimate of drug-likeness (QED) is 0.927. The topological polar surface area (TPSA) is 66.3 Å². The first-order valence-electron chi connectivity index (χ1n) is 6.62. The van der Waals surface area contributed by atoms with E-state index < -0.39 is 5.97 Å². The Balaban J connectivity index is 1.99. The number of pyridine rings is 2. The lowest BCUT2D eigenvalue weighted by Crippen LogP contribution is -2.25. The van der Waals surface area contributed by atoms with E-state index in [9.17, 15) is 9.90 Å². The predicted molar refractivity (Wildman–Crippen MR) is 74.8 cm³/mol. The lowest BCUT2D eigenvalue weighted by Gasteiger charge is -2.26. The van der Waals surface area contributed by atoms with Gasteiger partial charge in [-0.15, -0.1) is 0 Å². The Kier molecular flexibility index (Phi) is 3.33. The second kappa shape index (κ2) is 5.28. The highest BCUT2D eigenvalue weighted by Gasteiger charge is 2.29. The number of aromatic carboxylic acids is 1. The summed E-state index contributed by atoms with van der Waals surface area (Å²) < 4.78 is 0. The fourth-order valence-electron chi connectivity index (χ4n) is 2.73. The van der Waals surface area contributed by atoms with Gasteiger partial charge in [0.05, 0.1) is 6.04 Å². The van der Waals surface area contributed by atoms with Crippen molar-refractivity contribution in [1.82, 2.24) is 9.97 Å². The Bertz CT molecular complexity index is 616. The van der Waals surface area contributed by atoms with Crippen LogP contribution in [0.3, 0.4) is 0 Å². The van der Waals surface area contributed by atoms with Gasteiger partial charge in [-0.05, 0) is 36.6 Å². The lowest BCUT2D eigenvalue weighted by molar-refractivity contribution is 0.0697. The van der Waals surface area contributed by atoms with E-state index in [1.807, 2.05) is 18.3 Å². The van der Waals surface area contributed by atoms with Crippen LogP contribution in [0.4, 0.5) is 5.82 Å². The third-order valence-corrected chi connectivity index (χ3v) is 3.61. The number of rotatable bonds is 3. The van der Waals surface area contributed by atoms with Crippen LogP contribution in [0.25, 0.3) is 0 Å². The van der Waals surface area contributed by atoms with Gasteiger partial charge in [0.25, 0.3) is 0 Å². The van der Waals surface area contributed by atoms with Gasteiger partial charge in [0.15, 0.2) is 0 Å². The SMILES string of the molecule is O=C(O)c1cccnc1N1CCCC1c1cccnc1. The molecule has 0 bridgehead atoms. The maximum absolute atomic E-state index is 11.3. The largest absolute Gasteiger partial charge is 0.478 e. The molecule has 1 N–H and O–H groups in total. The monoisotopic (exact) mass is 269 g/mol. The molecule has 5 heteroatoms. The van der Waals surface area contributed by atoms with Crippen molar-refractivity contribution in [2.45, 2.75) is 18.9 Å². The van der Waals surface area contributed by atoms with Crippen molar-refractivity contribution in [2.75, 3.05) is 11.4 Å². The van der Waals surface area contributed by atoms with Gasteiger partial charge >= 0.3 is 5.97 Å². The highest BCUT2D eigenvalue weighted by atomic mass is 16.4. The molecule has 20 heavy (non-hydrogen) atoms. The Morgan fingerprint density at radius 1 is 1.30 bits per heavy atom. The van der Waals surface area contributed by atoms with Crippen molar-refractivity contribution in [3.63, 3.8) is 0 Å². The number of anilines is 1. The van der Waals surface area contributed by atoms with E-state index in [0.717, 1.165) is 24.9 Å². The zero-order valence-electron chi connectivity index (χ0n) is 10.9. The van der Waals surface area contributed by atoms with E-state index in [-0.39, 0.29) is 11.6 Å². The summed E-state index contributed by atoms with van der Waals surface area (Å²) in [5.74, 6) is -0.392. The molecule has 0 spiro atoms. The molecule has 0 amide bonds. The molecular formula is C15H15N3O2. The van der Waals surface area contributed by atoms with Gasteiger partial charge in [-0.25, -0.2) is 9.78 Å². The van der Waals surface area contributed by atoms with Crippen LogP contribution in [-0.2, 0) is 0 Å². The summed E-state index contributed by atoms with van der Waals surface area (Å²) in [6, 6.07) is 7.34. The van der Waals surface area contributed by atoms with E-state index in [0.29, 0.717) is 5.82 Å². The highest BCUT2D eigenvalue weighted by molar-refractivity contribution is 5.93. The van der Waals surface area contributed by atoms with Gasteiger partial charge in [-0.2, -0.15) is 0 Å². The number of carboxylic acid groups (broad SMARTS) is 1. The van der Waals surface area contributed by atoms with E-state index in [4.69, 9.17) is 0 Å². The van der Waals surface area contributed by atoms with Gasteiger partial charge in [0, 0.05) is 25.1 Å². The van der Waals surface area contributed by atoms with Crippen LogP contribution in [0.1, 0.15) is 34.8 Å². The van der Waals surface area contributed by atoms with Gasteiger partial charge < -0.3 is 10.0 Å². The molecule has 2 aromatic rings. The van der Waals surface area contributed by atoms with Crippen LogP contribution >= 0.6 is 0 Å². The third-order valence-electron chi connectivity index (χ3n) is 3.61. The molecule has 1 unspecified atom stereocenters. The zero-order valence-corrected chi connectivity index (χ0v) is 10.9. The molecule has 1 aliphatic rings. The van der Waals surface area contributed by atoms with Gasteiger partial charge in [0.1, 0.15) is 11.4 Å². The van der Waals surface area contributed by atoms with Crippen LogP contribution < -0.4 is 4.90 Å². The molecule has 0 radical (unpaired) electrons. The summed E-state index contributed by atoms with van der Waals surface area (Å²) in [7, 11) is 0. The predicted octanol–water partition coefficient (Wildman–Crippen LogP) is 2.52. The summed E-state index contributed by atoms with van der Waals surface area (Å²) in [5, 5.41) is 9.30. The van der Waals surface area contributed by atoms with Crippen LogP contribution in [-0.4, -0.2) is 27.6 Å². The van der Waals surface area contributed by atoms with Crippen molar-refractivity contribution >= 4 is 11.8 Å². The van der Waals surface area contributed by atoms with Crippen molar-refractivity contribution in [3.8, 4) is 0 Å². The van der Waals surface area contributed by atoms with E-state index >= 15 is 0 Å². The van der Waals surface area contributed by atoms with Crippen LogP contribution in [0, 0.1) is 0 Å². The normalized spacial score (nSPS) is 18.2. The van der Waals surface area contributed by atoms with E-state index in [1.54, 1.807) is 24.5 Å². The Morgan fingerprint density at radius 2 is 2.15 bits per heavy atom. The fraction of sp³-hybridized carbons (Fsp3) is 0.267. The molecular weight excluding hydrogens is 254 g/mol. The molecule has 2 aromatic heterocycles. The highest BCUT2D eigenvalue weighted by Crippen LogP contribution is 2.36. The minimum absolute atomic E-state index is 0.150. The third kappa shape index (κ3) is 2.22. The summed E-state index contributed by atoms with van der Waals surface area (Å²) in [4.78, 5) is 21.8. The molecule has 0 aliphatic carbocycles. The second-order valence-corrected chi connectivity index (χ2v) is 4.82. The summed E-state index contributed by atoms with van der Waals surface area (Å²) >= 11 is 0. The Morgan fingerprint density at radius 3 is 2.90 bits per heavy atom.